The summed E-state index contributed by atoms with van der Waals surface area (Å²) in [5.74, 6) is 0.589. The molecule has 0 aromatic carbocycles. The minimum atomic E-state index is -3.26. The largest absolute Gasteiger partial charge is 0.377 e. The van der Waals surface area contributed by atoms with Gasteiger partial charge in [0.25, 0.3) is 0 Å². The molecule has 0 radical (unpaired) electrons. The van der Waals surface area contributed by atoms with Gasteiger partial charge in [-0.05, 0) is 31.6 Å². The topological polar surface area (TPSA) is 75.7 Å². The first-order valence-electron chi connectivity index (χ1n) is 7.27. The summed E-state index contributed by atoms with van der Waals surface area (Å²) in [6, 6.07) is 0. The first-order valence-corrected chi connectivity index (χ1v) is 9.12. The maximum Gasteiger partial charge on any atom is 0.230 e. The van der Waals surface area contributed by atoms with Crippen LogP contribution < -0.4 is 5.32 Å². The lowest BCUT2D eigenvalue weighted by atomic mass is 9.76. The number of hydrogen-bond acceptors (Lipinski definition) is 4. The summed E-state index contributed by atoms with van der Waals surface area (Å²) in [5.41, 5.74) is -0.684. The minimum absolute atomic E-state index is 0.0275. The Labute approximate surface area is 119 Å². The highest BCUT2D eigenvalue weighted by atomic mass is 32.2. The van der Waals surface area contributed by atoms with Gasteiger partial charge in [-0.2, -0.15) is 0 Å². The van der Waals surface area contributed by atoms with Gasteiger partial charge in [-0.15, -0.1) is 0 Å². The average Bonchev–Trinajstić information content (AvgIpc) is 3.11. The van der Waals surface area contributed by atoms with Crippen LogP contribution in [0.15, 0.2) is 0 Å². The summed E-state index contributed by atoms with van der Waals surface area (Å²) in [4.78, 5) is 12.6. The van der Waals surface area contributed by atoms with Gasteiger partial charge in [-0.1, -0.05) is 0 Å². The number of nitrogens with one attached hydrogen (secondary N) is 1. The minimum Gasteiger partial charge on any atom is -0.377 e. The van der Waals surface area contributed by atoms with E-state index in [1.807, 2.05) is 0 Å². The first-order chi connectivity index (χ1) is 9.42. The number of amides is 1. The van der Waals surface area contributed by atoms with E-state index in [0.29, 0.717) is 38.5 Å². The number of sulfonamides is 1. The molecule has 0 aromatic heterocycles. The molecule has 2 aliphatic heterocycles. The van der Waals surface area contributed by atoms with Crippen molar-refractivity contribution in [1.29, 1.82) is 0 Å². The van der Waals surface area contributed by atoms with Gasteiger partial charge in [-0.25, -0.2) is 12.7 Å². The van der Waals surface area contributed by atoms with E-state index in [1.165, 1.54) is 23.4 Å². The Hall–Kier alpha value is -0.660. The van der Waals surface area contributed by atoms with E-state index in [1.54, 1.807) is 0 Å². The number of rotatable bonds is 4. The van der Waals surface area contributed by atoms with E-state index in [0.717, 1.165) is 0 Å². The highest BCUT2D eigenvalue weighted by Gasteiger charge is 2.54. The molecule has 1 aliphatic carbocycles. The van der Waals surface area contributed by atoms with Gasteiger partial charge in [0.15, 0.2) is 0 Å². The Balaban J connectivity index is 1.76. The molecule has 1 amide bonds. The van der Waals surface area contributed by atoms with Crippen molar-refractivity contribution >= 4 is 15.9 Å². The molecule has 6 nitrogen and oxygen atoms in total. The Morgan fingerprint density at radius 1 is 1.40 bits per heavy atom. The van der Waals surface area contributed by atoms with Crippen LogP contribution in [0.3, 0.4) is 0 Å². The monoisotopic (exact) mass is 302 g/mol. The fraction of sp³-hybridized carbons (Fsp3) is 0.923. The molecule has 2 heterocycles. The molecule has 3 fully saturated rings. The second kappa shape index (κ2) is 4.96. The lowest BCUT2D eigenvalue weighted by Gasteiger charge is -2.41. The van der Waals surface area contributed by atoms with Gasteiger partial charge in [0.2, 0.25) is 15.9 Å². The van der Waals surface area contributed by atoms with Gasteiger partial charge in [0, 0.05) is 26.2 Å². The van der Waals surface area contributed by atoms with Crippen molar-refractivity contribution in [3.8, 4) is 0 Å². The smallest absolute Gasteiger partial charge is 0.230 e. The Morgan fingerprint density at radius 3 is 2.80 bits per heavy atom. The van der Waals surface area contributed by atoms with Crippen LogP contribution in [0.1, 0.15) is 25.7 Å². The molecule has 0 spiro atoms. The Kier molecular flexibility index (Phi) is 3.54. The van der Waals surface area contributed by atoms with E-state index in [9.17, 15) is 13.2 Å². The van der Waals surface area contributed by atoms with Crippen molar-refractivity contribution in [2.75, 3.05) is 32.5 Å². The van der Waals surface area contributed by atoms with E-state index in [-0.39, 0.29) is 18.6 Å². The lowest BCUT2D eigenvalue weighted by molar-refractivity contribution is -0.137. The van der Waals surface area contributed by atoms with Crippen LogP contribution >= 0.6 is 0 Å². The molecule has 114 valence electrons. The van der Waals surface area contributed by atoms with Crippen LogP contribution in [-0.4, -0.2) is 57.2 Å². The molecular weight excluding hydrogens is 280 g/mol. The molecule has 0 unspecified atom stereocenters. The van der Waals surface area contributed by atoms with Crippen molar-refractivity contribution in [2.45, 2.75) is 31.8 Å². The number of hydrogen-bond donors (Lipinski definition) is 1. The maximum atomic E-state index is 12.6. The number of nitrogens with zero attached hydrogens (tertiary/aromatic N) is 1. The van der Waals surface area contributed by atoms with Crippen molar-refractivity contribution in [3.63, 3.8) is 0 Å². The molecule has 3 rings (SSSR count). The van der Waals surface area contributed by atoms with Gasteiger partial charge in [0.1, 0.15) is 0 Å². The SMILES string of the molecule is CS(=O)(=O)N1CC[C@H]2OCC[C@@]2(C(=O)NCC2CC2)C1. The van der Waals surface area contributed by atoms with Crippen LogP contribution in [0.2, 0.25) is 0 Å². The highest BCUT2D eigenvalue weighted by Crippen LogP contribution is 2.42. The zero-order chi connectivity index (χ0) is 14.4. The summed E-state index contributed by atoms with van der Waals surface area (Å²) in [7, 11) is -3.26. The molecule has 7 heteroatoms. The maximum absolute atomic E-state index is 12.6. The second-order valence-electron chi connectivity index (χ2n) is 6.30. The van der Waals surface area contributed by atoms with Crippen LogP contribution in [-0.2, 0) is 19.6 Å². The number of carbonyl (C=O) groups excluding carboxylic acids is 1. The predicted molar refractivity (Wildman–Crippen MR) is 73.6 cm³/mol. The summed E-state index contributed by atoms with van der Waals surface area (Å²) in [5, 5.41) is 3.01. The molecule has 2 atom stereocenters. The molecule has 1 N–H and O–H groups in total. The predicted octanol–water partition coefficient (Wildman–Crippen LogP) is -0.0468. The van der Waals surface area contributed by atoms with Crippen molar-refractivity contribution in [3.05, 3.63) is 0 Å². The molecule has 2 saturated heterocycles. The number of carbonyl (C=O) groups is 1. The summed E-state index contributed by atoms with van der Waals surface area (Å²) >= 11 is 0. The third-order valence-electron chi connectivity index (χ3n) is 4.75. The Bertz CT molecular complexity index is 503. The molecule has 1 saturated carbocycles. The molecule has 20 heavy (non-hydrogen) atoms. The third-order valence-corrected chi connectivity index (χ3v) is 6.00. The number of fused-ring (bicyclic) bond motifs is 1. The van der Waals surface area contributed by atoms with Crippen molar-refractivity contribution in [2.24, 2.45) is 11.3 Å². The summed E-state index contributed by atoms with van der Waals surface area (Å²) in [6.07, 6.45) is 4.65. The zero-order valence-electron chi connectivity index (χ0n) is 11.8. The van der Waals surface area contributed by atoms with Crippen LogP contribution in [0.25, 0.3) is 0 Å². The average molecular weight is 302 g/mol. The van der Waals surface area contributed by atoms with E-state index in [2.05, 4.69) is 5.32 Å². The van der Waals surface area contributed by atoms with Gasteiger partial charge in [0.05, 0.1) is 17.8 Å². The molecule has 0 bridgehead atoms. The van der Waals surface area contributed by atoms with Crippen LogP contribution in [0.4, 0.5) is 0 Å². The highest BCUT2D eigenvalue weighted by molar-refractivity contribution is 7.88. The third kappa shape index (κ3) is 2.58. The quantitative estimate of drug-likeness (QED) is 0.790. The van der Waals surface area contributed by atoms with E-state index >= 15 is 0 Å². The van der Waals surface area contributed by atoms with Gasteiger partial charge in [-0.3, -0.25) is 4.79 Å². The first kappa shape index (κ1) is 14.3. The van der Waals surface area contributed by atoms with Gasteiger partial charge < -0.3 is 10.1 Å². The number of piperidine rings is 1. The zero-order valence-corrected chi connectivity index (χ0v) is 12.6. The Morgan fingerprint density at radius 2 is 2.15 bits per heavy atom. The molecule has 0 aromatic rings. The number of ether oxygens (including phenoxy) is 1. The summed E-state index contributed by atoms with van der Waals surface area (Å²) < 4.78 is 30.6. The second-order valence-corrected chi connectivity index (χ2v) is 8.29. The van der Waals surface area contributed by atoms with Crippen molar-refractivity contribution in [1.82, 2.24) is 9.62 Å². The fourth-order valence-corrected chi connectivity index (χ4v) is 4.15. The van der Waals surface area contributed by atoms with E-state index < -0.39 is 15.4 Å². The van der Waals surface area contributed by atoms with Crippen LogP contribution in [0.5, 0.6) is 0 Å². The lowest BCUT2D eigenvalue weighted by Crippen LogP contribution is -2.58. The fourth-order valence-electron chi connectivity index (χ4n) is 3.25. The molecule has 3 aliphatic rings. The van der Waals surface area contributed by atoms with Crippen molar-refractivity contribution < 1.29 is 17.9 Å². The van der Waals surface area contributed by atoms with Gasteiger partial charge >= 0.3 is 0 Å². The molecular formula is C13H22N2O4S. The normalized spacial score (nSPS) is 34.8. The standard InChI is InChI=1S/C13H22N2O4S/c1-20(17,18)15-6-4-11-13(9-15,5-7-19-11)12(16)14-8-10-2-3-10/h10-11H,2-9H2,1H3,(H,14,16)/t11-,13-/m1/s1. The van der Waals surface area contributed by atoms with E-state index in [4.69, 9.17) is 4.74 Å². The van der Waals surface area contributed by atoms with Crippen LogP contribution in [0, 0.1) is 11.3 Å². The summed E-state index contributed by atoms with van der Waals surface area (Å²) in [6.45, 7) is 1.96.